The Morgan fingerprint density at radius 3 is 2.15 bits per heavy atom. The van der Waals surface area contributed by atoms with Crippen LogP contribution in [0.5, 0.6) is 0 Å². The summed E-state index contributed by atoms with van der Waals surface area (Å²) in [5.74, 6) is -5.77. The standard InChI is InChI=1S/C47H82O19P2/c1-3-5-7-8-9-10-11-12-13-14-15-16-17-18-23-27-40(51)62-32-35-33-63-68(60,61)66-47-45(56)44(55)42(53)36(26-22-19-20-24-28-41(52)64-35)38(49)31-39(50)37(30-29-34(48)25-21-6-4-2)43(54)46(47)65-67(57,58)59/h5,7,19,22,29-30,34-38,42-49,53-56H,3-4,6,8-18,20-21,23-28,31-33H2,1-2H3,(H,60,61)(H2,57,58,59)/b7-5-,22-19-,30-29+/t34-,35+,36-,37-,38-,42+,43+,44-,45+,46+,47-/m0/s1. The Morgan fingerprint density at radius 1 is 0.868 bits per heavy atom. The number of phosphoric acid groups is 2. The molecule has 1 aliphatic heterocycles. The summed E-state index contributed by atoms with van der Waals surface area (Å²) in [6, 6.07) is 0. The number of carbonyl (C=O) groups excluding carboxylic acids is 3. The van der Waals surface area contributed by atoms with Crippen molar-refractivity contribution in [2.24, 2.45) is 11.8 Å². The first-order valence-corrected chi connectivity index (χ1v) is 27.7. The normalized spacial score (nSPS) is 30.8. The number of esters is 2. The fourth-order valence-electron chi connectivity index (χ4n) is 8.15. The number of unbranched alkanes of at least 4 members (excludes halogenated alkanes) is 13. The van der Waals surface area contributed by atoms with Gasteiger partial charge in [-0.3, -0.25) is 28.0 Å². The van der Waals surface area contributed by atoms with Crippen molar-refractivity contribution in [3.05, 3.63) is 36.5 Å². The van der Waals surface area contributed by atoms with Crippen LogP contribution in [-0.2, 0) is 46.6 Å². The minimum Gasteiger partial charge on any atom is -0.462 e. The number of hydrogen-bond acceptors (Lipinski definition) is 16. The van der Waals surface area contributed by atoms with E-state index in [2.05, 4.69) is 19.1 Å². The zero-order valence-electron chi connectivity index (χ0n) is 40.0. The molecule has 12 atom stereocenters. The number of phosphoric ester groups is 2. The summed E-state index contributed by atoms with van der Waals surface area (Å²) in [7, 11) is -11.5. The molecule has 19 nitrogen and oxygen atoms in total. The lowest BCUT2D eigenvalue weighted by Crippen LogP contribution is -2.56. The zero-order chi connectivity index (χ0) is 50.5. The van der Waals surface area contributed by atoms with E-state index >= 15 is 0 Å². The van der Waals surface area contributed by atoms with E-state index < -0.39 is 120 Å². The van der Waals surface area contributed by atoms with E-state index in [1.165, 1.54) is 38.2 Å². The van der Waals surface area contributed by atoms with Crippen LogP contribution in [-0.4, -0.2) is 131 Å². The van der Waals surface area contributed by atoms with Gasteiger partial charge in [-0.15, -0.1) is 0 Å². The second kappa shape index (κ2) is 34.2. The number of ketones is 1. The molecule has 2 bridgehead atoms. The zero-order valence-corrected chi connectivity index (χ0v) is 41.8. The van der Waals surface area contributed by atoms with E-state index in [9.17, 15) is 68.8 Å². The molecule has 0 saturated heterocycles. The first-order valence-electron chi connectivity index (χ1n) is 24.6. The van der Waals surface area contributed by atoms with Gasteiger partial charge >= 0.3 is 27.6 Å². The molecular weight excluding hydrogens is 930 g/mol. The van der Waals surface area contributed by atoms with Gasteiger partial charge in [0.2, 0.25) is 0 Å². The number of hydrogen-bond donors (Lipinski definition) is 9. The predicted octanol–water partition coefficient (Wildman–Crippen LogP) is 6.10. The molecule has 68 heavy (non-hydrogen) atoms. The van der Waals surface area contributed by atoms with Crippen molar-refractivity contribution in [1.82, 2.24) is 0 Å². The Bertz CT molecular complexity index is 1620. The summed E-state index contributed by atoms with van der Waals surface area (Å²) in [4.78, 5) is 70.5. The number of cyclic esters (lactones) is 1. The predicted molar refractivity (Wildman–Crippen MR) is 251 cm³/mol. The van der Waals surface area contributed by atoms with Gasteiger partial charge in [-0.2, -0.15) is 0 Å². The van der Waals surface area contributed by atoms with Crippen molar-refractivity contribution in [2.45, 2.75) is 216 Å². The van der Waals surface area contributed by atoms with E-state index in [4.69, 9.17) is 23.0 Å². The summed E-state index contributed by atoms with van der Waals surface area (Å²) >= 11 is 0. The van der Waals surface area contributed by atoms with Gasteiger partial charge in [0.05, 0.1) is 36.9 Å². The lowest BCUT2D eigenvalue weighted by molar-refractivity contribution is -0.165. The Balaban J connectivity index is 2.29. The number of Topliss-reactive ketones (excluding diaryl/α,β-unsaturated/α-hetero) is 1. The molecule has 2 aliphatic rings. The molecule has 9 N–H and O–H groups in total. The van der Waals surface area contributed by atoms with Crippen LogP contribution >= 0.6 is 15.6 Å². The smallest absolute Gasteiger partial charge is 0.462 e. The van der Waals surface area contributed by atoms with Crippen LogP contribution in [0.3, 0.4) is 0 Å². The molecule has 394 valence electrons. The van der Waals surface area contributed by atoms with Crippen molar-refractivity contribution >= 4 is 33.4 Å². The number of carbonyl (C=O) groups is 3. The number of allylic oxidation sites excluding steroid dienone is 4. The fourth-order valence-corrected chi connectivity index (χ4v) is 9.68. The maximum atomic E-state index is 13.9. The van der Waals surface area contributed by atoms with Crippen LogP contribution in [0.25, 0.3) is 0 Å². The van der Waals surface area contributed by atoms with Gasteiger partial charge in [-0.25, -0.2) is 9.13 Å². The van der Waals surface area contributed by atoms with Crippen molar-refractivity contribution < 1.29 is 91.9 Å². The number of aliphatic hydroxyl groups excluding tert-OH is 6. The van der Waals surface area contributed by atoms with Crippen LogP contribution < -0.4 is 0 Å². The first kappa shape index (κ1) is 61.9. The van der Waals surface area contributed by atoms with Crippen molar-refractivity contribution in [2.75, 3.05) is 13.2 Å². The molecule has 0 spiro atoms. The molecule has 1 heterocycles. The van der Waals surface area contributed by atoms with Gasteiger partial charge < -0.3 is 54.8 Å². The van der Waals surface area contributed by atoms with Crippen molar-refractivity contribution in [1.29, 1.82) is 0 Å². The SMILES string of the molecule is CC/C=C\CCCCCCCCCCCCCC(=O)OC[C@@H]1COP(=O)(O)O[C@H]2[C@H](O)[C@@H](O)[C@H](O)[C@@H](C/C=C\CCCC(=O)O1)[C@@H](O)CC(=O)[C@H](/C=C/[C@@H](O)CCCCC)[C@@H](O)[C@H]2OP(=O)(O)O. The molecule has 0 aromatic carbocycles. The van der Waals surface area contributed by atoms with E-state index in [0.29, 0.717) is 12.8 Å². The van der Waals surface area contributed by atoms with Gasteiger partial charge in [0.1, 0.15) is 36.8 Å². The van der Waals surface area contributed by atoms with Crippen molar-refractivity contribution in [3.8, 4) is 0 Å². The Kier molecular flexibility index (Phi) is 31.2. The number of ether oxygens (including phenoxy) is 2. The van der Waals surface area contributed by atoms with Gasteiger partial charge in [-0.1, -0.05) is 127 Å². The van der Waals surface area contributed by atoms with E-state index in [0.717, 1.165) is 69.9 Å². The van der Waals surface area contributed by atoms with Gasteiger partial charge in [0.25, 0.3) is 0 Å². The summed E-state index contributed by atoms with van der Waals surface area (Å²) in [5, 5.41) is 67.9. The summed E-state index contributed by atoms with van der Waals surface area (Å²) < 4.78 is 52.0. The lowest BCUT2D eigenvalue weighted by atomic mass is 9.83. The van der Waals surface area contributed by atoms with Gasteiger partial charge in [0.15, 0.2) is 6.10 Å². The van der Waals surface area contributed by atoms with Gasteiger partial charge in [-0.05, 0) is 51.4 Å². The second-order valence-corrected chi connectivity index (χ2v) is 20.5. The van der Waals surface area contributed by atoms with Crippen molar-refractivity contribution in [3.63, 3.8) is 0 Å². The third kappa shape index (κ3) is 25.8. The molecule has 2 rings (SSSR count). The molecule has 0 aromatic heterocycles. The topological polar surface area (TPSA) is 314 Å². The number of rotatable bonds is 25. The summed E-state index contributed by atoms with van der Waals surface area (Å²) in [5.41, 5.74) is 0. The highest BCUT2D eigenvalue weighted by atomic mass is 31.2. The monoisotopic (exact) mass is 1010 g/mol. The Labute approximate surface area is 402 Å². The minimum absolute atomic E-state index is 0.0499. The highest BCUT2D eigenvalue weighted by Gasteiger charge is 2.51. The molecule has 1 unspecified atom stereocenters. The minimum atomic E-state index is -5.79. The molecule has 1 fully saturated rings. The first-order chi connectivity index (χ1) is 32.3. The van der Waals surface area contributed by atoms with Crippen LogP contribution in [0.15, 0.2) is 36.5 Å². The van der Waals surface area contributed by atoms with Gasteiger partial charge in [0, 0.05) is 25.2 Å². The van der Waals surface area contributed by atoms with Crippen LogP contribution in [0, 0.1) is 11.8 Å². The third-order valence-electron chi connectivity index (χ3n) is 12.1. The highest BCUT2D eigenvalue weighted by Crippen LogP contribution is 2.49. The Morgan fingerprint density at radius 2 is 1.51 bits per heavy atom. The highest BCUT2D eigenvalue weighted by molar-refractivity contribution is 7.47. The average molecular weight is 1010 g/mol. The maximum Gasteiger partial charge on any atom is 0.472 e. The molecule has 1 aliphatic carbocycles. The molecule has 1 saturated carbocycles. The second-order valence-electron chi connectivity index (χ2n) is 17.9. The van der Waals surface area contributed by atoms with Crippen LogP contribution in [0.4, 0.5) is 0 Å². The van der Waals surface area contributed by atoms with Crippen LogP contribution in [0.1, 0.15) is 162 Å². The quantitative estimate of drug-likeness (QED) is 0.0216. The largest absolute Gasteiger partial charge is 0.472 e. The Hall–Kier alpha value is -2.19. The molecular formula is C47H82O19P2. The summed E-state index contributed by atoms with van der Waals surface area (Å²) in [6.07, 6.45) is 5.66. The lowest BCUT2D eigenvalue weighted by Gasteiger charge is -2.38. The van der Waals surface area contributed by atoms with Crippen LogP contribution in [0.2, 0.25) is 0 Å². The fraction of sp³-hybridized carbons (Fsp3) is 0.809. The summed E-state index contributed by atoms with van der Waals surface area (Å²) in [6.45, 7) is 2.46. The van der Waals surface area contributed by atoms with E-state index in [1.807, 2.05) is 6.92 Å². The van der Waals surface area contributed by atoms with E-state index in [1.54, 1.807) is 6.08 Å². The number of aliphatic hydroxyl groups is 6. The number of fused-ring (bicyclic) bond motifs is 4. The van der Waals surface area contributed by atoms with E-state index in [-0.39, 0.29) is 38.5 Å². The molecule has 21 heteroatoms. The third-order valence-corrected chi connectivity index (χ3v) is 13.6. The maximum absolute atomic E-state index is 13.9. The average Bonchev–Trinajstić information content (AvgIpc) is 3.28. The molecule has 0 aromatic rings. The molecule has 0 amide bonds. The molecule has 0 radical (unpaired) electrons.